The molecule has 1 saturated carbocycles. The maximum Gasteiger partial charge on any atom is 0.166 e. The van der Waals surface area contributed by atoms with Crippen LogP contribution in [-0.4, -0.2) is 44.1 Å². The zero-order valence-electron chi connectivity index (χ0n) is 20.7. The third-order valence-electron chi connectivity index (χ3n) is 6.53. The van der Waals surface area contributed by atoms with Gasteiger partial charge in [0.25, 0.3) is 0 Å². The maximum absolute atomic E-state index is 10.7. The van der Waals surface area contributed by atoms with E-state index >= 15 is 0 Å². The second-order valence-electron chi connectivity index (χ2n) is 9.95. The Balaban J connectivity index is 1.33. The van der Waals surface area contributed by atoms with Gasteiger partial charge in [0.05, 0.1) is 33.0 Å². The summed E-state index contributed by atoms with van der Waals surface area (Å²) >= 11 is 0. The number of benzene rings is 3. The molecule has 3 aromatic carbocycles. The molecule has 5 heteroatoms. The molecule has 1 aliphatic rings. The van der Waals surface area contributed by atoms with Gasteiger partial charge in [0, 0.05) is 17.6 Å². The number of aliphatic hydroxyl groups excluding tert-OH is 1. The molecular weight excluding hydrogens is 426 g/mol. The largest absolute Gasteiger partial charge is 0.493 e. The molecule has 3 aromatic rings. The van der Waals surface area contributed by atoms with Gasteiger partial charge in [-0.25, -0.2) is 0 Å². The average Bonchev–Trinajstić information content (AvgIpc) is 3.67. The highest BCUT2D eigenvalue weighted by Crippen LogP contribution is 2.47. The van der Waals surface area contributed by atoms with Crippen LogP contribution in [0.5, 0.6) is 11.5 Å². The highest BCUT2D eigenvalue weighted by molar-refractivity contribution is 5.83. The summed E-state index contributed by atoms with van der Waals surface area (Å²) in [5.41, 5.74) is 2.11. The van der Waals surface area contributed by atoms with Crippen molar-refractivity contribution >= 4 is 10.8 Å². The van der Waals surface area contributed by atoms with Gasteiger partial charge in [-0.15, -0.1) is 0 Å². The molecule has 34 heavy (non-hydrogen) atoms. The molecule has 0 aliphatic heterocycles. The number of fused-ring (bicyclic) bond motifs is 1. The minimum Gasteiger partial charge on any atom is -0.493 e. The van der Waals surface area contributed by atoms with Crippen LogP contribution in [-0.2, 0) is 11.2 Å². The molecule has 1 aliphatic carbocycles. The van der Waals surface area contributed by atoms with Crippen molar-refractivity contribution in [3.63, 3.8) is 0 Å². The van der Waals surface area contributed by atoms with Crippen LogP contribution >= 0.6 is 0 Å². The van der Waals surface area contributed by atoms with Crippen LogP contribution in [0.3, 0.4) is 0 Å². The summed E-state index contributed by atoms with van der Waals surface area (Å²) in [5.74, 6) is 1.86. The monoisotopic (exact) mass is 463 g/mol. The molecule has 0 radical (unpaired) electrons. The van der Waals surface area contributed by atoms with Gasteiger partial charge >= 0.3 is 0 Å². The molecule has 0 aromatic heterocycles. The van der Waals surface area contributed by atoms with Crippen molar-refractivity contribution in [2.45, 2.75) is 50.9 Å². The Kier molecular flexibility index (Phi) is 7.77. The highest BCUT2D eigenvalue weighted by Gasteiger charge is 2.36. The van der Waals surface area contributed by atoms with Crippen molar-refractivity contribution in [1.29, 1.82) is 0 Å². The van der Waals surface area contributed by atoms with Gasteiger partial charge in [-0.1, -0.05) is 54.6 Å². The van der Waals surface area contributed by atoms with Crippen LogP contribution in [0.4, 0.5) is 0 Å². The van der Waals surface area contributed by atoms with E-state index in [9.17, 15) is 5.11 Å². The lowest BCUT2D eigenvalue weighted by molar-refractivity contribution is -0.0220. The van der Waals surface area contributed by atoms with E-state index in [-0.39, 0.29) is 18.2 Å². The van der Waals surface area contributed by atoms with Crippen LogP contribution in [0.1, 0.15) is 43.9 Å². The molecular formula is C29H37NO4. The number of methoxy groups -OCH3 is 2. The normalized spacial score (nSPS) is 15.8. The first-order valence-corrected chi connectivity index (χ1v) is 12.1. The van der Waals surface area contributed by atoms with Crippen LogP contribution in [0.15, 0.2) is 60.7 Å². The minimum atomic E-state index is -0.603. The predicted octanol–water partition coefficient (Wildman–Crippen LogP) is 5.30. The maximum atomic E-state index is 10.7. The Hall–Kier alpha value is -2.60. The van der Waals surface area contributed by atoms with E-state index in [0.717, 1.165) is 24.8 Å². The van der Waals surface area contributed by atoms with Gasteiger partial charge in [0.15, 0.2) is 11.5 Å². The number of ether oxygens (including phenoxy) is 3. The van der Waals surface area contributed by atoms with Crippen LogP contribution in [0.25, 0.3) is 10.8 Å². The number of para-hydroxylation sites is 1. The Bertz CT molecular complexity index is 1090. The number of aliphatic hydroxyl groups is 1. The average molecular weight is 464 g/mol. The standard InChI is InChI=1S/C29H37NO4/c1-29(2,17-20-12-13-21-8-5-6-9-23(21)16-20)30-18-24(31)19-34-27(22-14-15-22)25-10-7-11-26(32-3)28(25)33-4/h5-13,16,22,24,27,30-31H,14-15,17-19H2,1-4H3. The molecule has 0 spiro atoms. The van der Waals surface area contributed by atoms with E-state index in [2.05, 4.69) is 61.6 Å². The highest BCUT2D eigenvalue weighted by atomic mass is 16.5. The van der Waals surface area contributed by atoms with Crippen LogP contribution < -0.4 is 14.8 Å². The summed E-state index contributed by atoms with van der Waals surface area (Å²) < 4.78 is 17.4. The molecule has 5 nitrogen and oxygen atoms in total. The third kappa shape index (κ3) is 6.09. The lowest BCUT2D eigenvalue weighted by Gasteiger charge is -2.29. The van der Waals surface area contributed by atoms with Gasteiger partial charge < -0.3 is 24.6 Å². The second kappa shape index (κ2) is 10.8. The van der Waals surface area contributed by atoms with Crippen LogP contribution in [0.2, 0.25) is 0 Å². The smallest absolute Gasteiger partial charge is 0.166 e. The van der Waals surface area contributed by atoms with Gasteiger partial charge in [-0.3, -0.25) is 0 Å². The van der Waals surface area contributed by atoms with Gasteiger partial charge in [-0.05, 0) is 61.4 Å². The quantitative estimate of drug-likeness (QED) is 0.382. The Labute approximate surface area is 203 Å². The van der Waals surface area contributed by atoms with Crippen molar-refractivity contribution in [2.75, 3.05) is 27.4 Å². The lowest BCUT2D eigenvalue weighted by atomic mass is 9.93. The SMILES string of the molecule is COc1cccc(C(OCC(O)CNC(C)(C)Cc2ccc3ccccc3c2)C2CC2)c1OC. The van der Waals surface area contributed by atoms with E-state index in [1.807, 2.05) is 18.2 Å². The molecule has 0 heterocycles. The van der Waals surface area contributed by atoms with Crippen molar-refractivity contribution in [3.8, 4) is 11.5 Å². The number of hydrogen-bond donors (Lipinski definition) is 2. The zero-order chi connectivity index (χ0) is 24.1. The first-order chi connectivity index (χ1) is 16.4. The number of nitrogens with one attached hydrogen (secondary N) is 1. The van der Waals surface area contributed by atoms with Crippen LogP contribution in [0, 0.1) is 5.92 Å². The second-order valence-corrected chi connectivity index (χ2v) is 9.95. The van der Waals surface area contributed by atoms with Crippen molar-refractivity contribution in [2.24, 2.45) is 5.92 Å². The Morgan fingerprint density at radius 2 is 1.74 bits per heavy atom. The molecule has 1 fully saturated rings. The molecule has 2 unspecified atom stereocenters. The van der Waals surface area contributed by atoms with Crippen molar-refractivity contribution in [3.05, 3.63) is 71.8 Å². The molecule has 0 amide bonds. The number of β-amino-alcohol motifs (C(OH)–C–C–N with tert-alkyl or cyclic N) is 1. The predicted molar refractivity (Wildman–Crippen MR) is 137 cm³/mol. The van der Waals surface area contributed by atoms with Gasteiger partial charge in [0.1, 0.15) is 0 Å². The fourth-order valence-corrected chi connectivity index (χ4v) is 4.60. The summed E-state index contributed by atoms with van der Waals surface area (Å²) in [7, 11) is 3.30. The summed E-state index contributed by atoms with van der Waals surface area (Å²) in [6, 6.07) is 20.9. The number of hydrogen-bond acceptors (Lipinski definition) is 5. The fourth-order valence-electron chi connectivity index (χ4n) is 4.60. The van der Waals surface area contributed by atoms with Gasteiger partial charge in [0.2, 0.25) is 0 Å². The lowest BCUT2D eigenvalue weighted by Crippen LogP contribution is -2.46. The molecule has 4 rings (SSSR count). The number of rotatable bonds is 12. The van der Waals surface area contributed by atoms with E-state index in [4.69, 9.17) is 14.2 Å². The summed E-state index contributed by atoms with van der Waals surface area (Å²) in [5, 5.41) is 16.7. The fraction of sp³-hybridized carbons (Fsp3) is 0.448. The molecule has 2 N–H and O–H groups in total. The van der Waals surface area contributed by atoms with E-state index in [0.29, 0.717) is 24.0 Å². The summed E-state index contributed by atoms with van der Waals surface area (Å²) in [4.78, 5) is 0. The van der Waals surface area contributed by atoms with E-state index in [1.54, 1.807) is 14.2 Å². The molecule has 0 saturated heterocycles. The molecule has 2 atom stereocenters. The molecule has 182 valence electrons. The van der Waals surface area contributed by atoms with E-state index < -0.39 is 6.10 Å². The first-order valence-electron chi connectivity index (χ1n) is 12.1. The molecule has 0 bridgehead atoms. The van der Waals surface area contributed by atoms with Gasteiger partial charge in [-0.2, -0.15) is 0 Å². The summed E-state index contributed by atoms with van der Waals surface area (Å²) in [6.07, 6.45) is 2.41. The van der Waals surface area contributed by atoms with E-state index in [1.165, 1.54) is 16.3 Å². The van der Waals surface area contributed by atoms with Crippen molar-refractivity contribution in [1.82, 2.24) is 5.32 Å². The topological polar surface area (TPSA) is 60.0 Å². The summed E-state index contributed by atoms with van der Waals surface area (Å²) in [6.45, 7) is 5.07. The third-order valence-corrected chi connectivity index (χ3v) is 6.53. The zero-order valence-corrected chi connectivity index (χ0v) is 20.7. The van der Waals surface area contributed by atoms with Crippen molar-refractivity contribution < 1.29 is 19.3 Å². The minimum absolute atomic E-state index is 0.106. The first kappa shape index (κ1) is 24.5. The Morgan fingerprint density at radius 1 is 0.971 bits per heavy atom. The Morgan fingerprint density at radius 3 is 2.44 bits per heavy atom.